The zero-order valence-electron chi connectivity index (χ0n) is 11.4. The van der Waals surface area contributed by atoms with E-state index in [0.29, 0.717) is 12.1 Å². The Hall–Kier alpha value is -2.11. The highest BCUT2D eigenvalue weighted by atomic mass is 16.1. The van der Waals surface area contributed by atoms with E-state index in [-0.39, 0.29) is 17.4 Å². The van der Waals surface area contributed by atoms with Gasteiger partial charge in [-0.3, -0.25) is 9.89 Å². The van der Waals surface area contributed by atoms with Crippen LogP contribution in [0.3, 0.4) is 0 Å². The lowest BCUT2D eigenvalue weighted by Crippen LogP contribution is -2.46. The highest BCUT2D eigenvalue weighted by Crippen LogP contribution is 2.21. The van der Waals surface area contributed by atoms with Gasteiger partial charge >= 0.3 is 0 Å². The van der Waals surface area contributed by atoms with Gasteiger partial charge in [0.15, 0.2) is 0 Å². The van der Waals surface area contributed by atoms with Gasteiger partial charge in [-0.15, -0.1) is 0 Å². The summed E-state index contributed by atoms with van der Waals surface area (Å²) in [4.78, 5) is 16.1. The van der Waals surface area contributed by atoms with Gasteiger partial charge in [-0.25, -0.2) is 4.98 Å². The summed E-state index contributed by atoms with van der Waals surface area (Å²) in [6.07, 6.45) is 8.49. The minimum Gasteiger partial charge on any atom is -0.347 e. The summed E-state index contributed by atoms with van der Waals surface area (Å²) in [7, 11) is 0. The lowest BCUT2D eigenvalue weighted by molar-refractivity contribution is 0.0892. The number of carbonyl (C=O) groups is 1. The molecule has 1 unspecified atom stereocenters. The topological polar surface area (TPSA) is 75.6 Å². The smallest absolute Gasteiger partial charge is 0.254 e. The Morgan fingerprint density at radius 1 is 1.53 bits per heavy atom. The number of rotatable bonds is 4. The zero-order valence-corrected chi connectivity index (χ0v) is 11.4. The number of imidazole rings is 1. The quantitative estimate of drug-likeness (QED) is 0.874. The molecule has 2 N–H and O–H groups in total. The molecule has 1 amide bonds. The van der Waals surface area contributed by atoms with Gasteiger partial charge in [-0.2, -0.15) is 5.10 Å². The number of nitrogens with zero attached hydrogens (tertiary/aromatic N) is 3. The van der Waals surface area contributed by atoms with Gasteiger partial charge in [0.1, 0.15) is 0 Å². The van der Waals surface area contributed by atoms with E-state index in [0.717, 1.165) is 0 Å². The minimum absolute atomic E-state index is 0.00380. The molecule has 0 spiro atoms. The number of nitrogens with one attached hydrogen (secondary N) is 2. The van der Waals surface area contributed by atoms with Gasteiger partial charge in [0.05, 0.1) is 24.1 Å². The average molecular weight is 261 g/mol. The van der Waals surface area contributed by atoms with E-state index in [9.17, 15) is 4.79 Å². The Bertz CT molecular complexity index is 510. The second kappa shape index (κ2) is 5.26. The predicted molar refractivity (Wildman–Crippen MR) is 71.5 cm³/mol. The van der Waals surface area contributed by atoms with E-state index < -0.39 is 0 Å². The van der Waals surface area contributed by atoms with Crippen molar-refractivity contribution >= 4 is 5.91 Å². The van der Waals surface area contributed by atoms with Crippen molar-refractivity contribution in [3.05, 3.63) is 36.7 Å². The normalized spacial score (nSPS) is 13.2. The fourth-order valence-corrected chi connectivity index (χ4v) is 1.76. The highest BCUT2D eigenvalue weighted by Gasteiger charge is 2.27. The maximum Gasteiger partial charge on any atom is 0.254 e. The zero-order chi connectivity index (χ0) is 13.9. The van der Waals surface area contributed by atoms with Crippen LogP contribution in [0.5, 0.6) is 0 Å². The number of amides is 1. The van der Waals surface area contributed by atoms with Crippen molar-refractivity contribution in [3.8, 4) is 0 Å². The first kappa shape index (κ1) is 13.3. The summed E-state index contributed by atoms with van der Waals surface area (Å²) in [5.41, 5.74) is 0.490. The lowest BCUT2D eigenvalue weighted by Gasteiger charge is -2.31. The molecule has 19 heavy (non-hydrogen) atoms. The van der Waals surface area contributed by atoms with Gasteiger partial charge in [-0.1, -0.05) is 20.8 Å². The average Bonchev–Trinajstić information content (AvgIpc) is 2.99. The maximum absolute atomic E-state index is 12.1. The lowest BCUT2D eigenvalue weighted by atomic mass is 9.86. The summed E-state index contributed by atoms with van der Waals surface area (Å²) in [6.45, 7) is 6.99. The van der Waals surface area contributed by atoms with Crippen LogP contribution in [0.15, 0.2) is 31.1 Å². The molecule has 2 aromatic heterocycles. The van der Waals surface area contributed by atoms with E-state index in [4.69, 9.17) is 0 Å². The van der Waals surface area contributed by atoms with Gasteiger partial charge < -0.3 is 9.88 Å². The van der Waals surface area contributed by atoms with Crippen molar-refractivity contribution in [1.29, 1.82) is 0 Å². The van der Waals surface area contributed by atoms with Crippen molar-refractivity contribution in [1.82, 2.24) is 25.1 Å². The molecule has 6 nitrogen and oxygen atoms in total. The second-order valence-electron chi connectivity index (χ2n) is 5.64. The van der Waals surface area contributed by atoms with Crippen LogP contribution in [0.1, 0.15) is 31.1 Å². The molecular formula is C13H19N5O. The highest BCUT2D eigenvalue weighted by molar-refractivity contribution is 5.93. The van der Waals surface area contributed by atoms with Crippen LogP contribution in [-0.4, -0.2) is 31.7 Å². The first-order valence-electron chi connectivity index (χ1n) is 6.22. The molecule has 2 aromatic rings. The Kier molecular flexibility index (Phi) is 3.69. The number of aromatic nitrogens is 4. The molecule has 0 saturated heterocycles. The van der Waals surface area contributed by atoms with E-state index in [1.54, 1.807) is 18.7 Å². The molecule has 0 saturated carbocycles. The summed E-state index contributed by atoms with van der Waals surface area (Å²) >= 11 is 0. The first-order chi connectivity index (χ1) is 8.97. The fourth-order valence-electron chi connectivity index (χ4n) is 1.76. The third-order valence-electron chi connectivity index (χ3n) is 3.06. The number of H-pyrrole nitrogens is 1. The maximum atomic E-state index is 12.1. The van der Waals surface area contributed by atoms with Crippen molar-refractivity contribution in [3.63, 3.8) is 0 Å². The first-order valence-corrected chi connectivity index (χ1v) is 6.22. The van der Waals surface area contributed by atoms with Crippen LogP contribution in [0.2, 0.25) is 0 Å². The molecule has 0 fully saturated rings. The Morgan fingerprint density at radius 3 is 2.84 bits per heavy atom. The Labute approximate surface area is 112 Å². The molecule has 0 bridgehead atoms. The van der Waals surface area contributed by atoms with Gasteiger partial charge in [0.25, 0.3) is 5.91 Å². The molecule has 0 radical (unpaired) electrons. The van der Waals surface area contributed by atoms with Gasteiger partial charge in [0, 0.05) is 25.1 Å². The SMILES string of the molecule is CC(C)(C)C(Cn1ccnc1)NC(=O)c1cn[nH]c1. The van der Waals surface area contributed by atoms with Crippen LogP contribution in [0.25, 0.3) is 0 Å². The molecule has 0 aliphatic rings. The molecule has 0 aliphatic carbocycles. The second-order valence-corrected chi connectivity index (χ2v) is 5.64. The fraction of sp³-hybridized carbons (Fsp3) is 0.462. The monoisotopic (exact) mass is 261 g/mol. The molecule has 1 atom stereocenters. The number of aromatic amines is 1. The van der Waals surface area contributed by atoms with Gasteiger partial charge in [0.2, 0.25) is 0 Å². The van der Waals surface area contributed by atoms with Crippen LogP contribution in [-0.2, 0) is 6.54 Å². The van der Waals surface area contributed by atoms with Gasteiger partial charge in [-0.05, 0) is 5.41 Å². The van der Waals surface area contributed by atoms with E-state index >= 15 is 0 Å². The van der Waals surface area contributed by atoms with Crippen molar-refractivity contribution in [2.75, 3.05) is 0 Å². The molecule has 102 valence electrons. The van der Waals surface area contributed by atoms with Crippen molar-refractivity contribution in [2.45, 2.75) is 33.4 Å². The van der Waals surface area contributed by atoms with E-state index in [2.05, 4.69) is 41.3 Å². The minimum atomic E-state index is -0.117. The van der Waals surface area contributed by atoms with Crippen LogP contribution in [0.4, 0.5) is 0 Å². The summed E-state index contributed by atoms with van der Waals surface area (Å²) in [6, 6.07) is 0.00380. The van der Waals surface area contributed by atoms with E-state index in [1.807, 2.05) is 10.8 Å². The third kappa shape index (κ3) is 3.43. The van der Waals surface area contributed by atoms with Crippen LogP contribution < -0.4 is 5.32 Å². The van der Waals surface area contributed by atoms with Crippen molar-refractivity contribution < 1.29 is 4.79 Å². The molecule has 6 heteroatoms. The molecule has 2 rings (SSSR count). The number of hydrogen-bond donors (Lipinski definition) is 2. The molecule has 2 heterocycles. The standard InChI is InChI=1S/C13H19N5O/c1-13(2,3)11(8-18-5-4-14-9-18)17-12(19)10-6-15-16-7-10/h4-7,9,11H,8H2,1-3H3,(H,15,16)(H,17,19). The summed E-state index contributed by atoms with van der Waals surface area (Å²) in [5, 5.41) is 9.48. The number of carbonyl (C=O) groups excluding carboxylic acids is 1. The summed E-state index contributed by atoms with van der Waals surface area (Å²) < 4.78 is 1.96. The van der Waals surface area contributed by atoms with E-state index in [1.165, 1.54) is 6.20 Å². The predicted octanol–water partition coefficient (Wildman–Crippen LogP) is 1.45. The largest absolute Gasteiger partial charge is 0.347 e. The van der Waals surface area contributed by atoms with Crippen molar-refractivity contribution in [2.24, 2.45) is 5.41 Å². The molecular weight excluding hydrogens is 242 g/mol. The number of hydrogen-bond acceptors (Lipinski definition) is 3. The van der Waals surface area contributed by atoms with Crippen LogP contribution >= 0.6 is 0 Å². The Morgan fingerprint density at radius 2 is 2.32 bits per heavy atom. The Balaban J connectivity index is 2.08. The summed E-state index contributed by atoms with van der Waals surface area (Å²) in [5.74, 6) is -0.117. The molecule has 0 aliphatic heterocycles. The third-order valence-corrected chi connectivity index (χ3v) is 3.06. The van der Waals surface area contributed by atoms with Crippen LogP contribution in [0, 0.1) is 5.41 Å². The molecule has 0 aromatic carbocycles.